The first-order valence-electron chi connectivity index (χ1n) is 27.4. The van der Waals surface area contributed by atoms with Gasteiger partial charge in [-0.1, -0.05) is 107 Å². The highest BCUT2D eigenvalue weighted by Crippen LogP contribution is 2.41. The van der Waals surface area contributed by atoms with Crippen molar-refractivity contribution in [1.82, 2.24) is 19.9 Å². The van der Waals surface area contributed by atoms with Gasteiger partial charge in [0.25, 0.3) is 0 Å². The van der Waals surface area contributed by atoms with E-state index in [2.05, 4.69) is 245 Å². The van der Waals surface area contributed by atoms with Crippen LogP contribution in [0.25, 0.3) is 90.9 Å². The van der Waals surface area contributed by atoms with E-state index in [0.717, 1.165) is 128 Å². The van der Waals surface area contributed by atoms with Crippen molar-refractivity contribution in [3.05, 3.63) is 265 Å². The molecule has 0 aliphatic carbocycles. The largest absolute Gasteiger partial charge is 0.354 e. The van der Waals surface area contributed by atoms with E-state index in [0.29, 0.717) is 0 Å². The fourth-order valence-corrected chi connectivity index (χ4v) is 11.8. The van der Waals surface area contributed by atoms with Crippen molar-refractivity contribution in [3.63, 3.8) is 0 Å². The second-order valence-electron chi connectivity index (χ2n) is 21.0. The third-order valence-corrected chi connectivity index (χ3v) is 15.7. The summed E-state index contributed by atoms with van der Waals surface area (Å²) in [4.78, 5) is 20.4. The summed E-state index contributed by atoms with van der Waals surface area (Å²) in [5, 5.41) is 0. The molecule has 4 nitrogen and oxygen atoms in total. The van der Waals surface area contributed by atoms with Crippen molar-refractivity contribution in [1.29, 1.82) is 0 Å². The number of terminal acetylenes is 1. The number of hydrogen-bond acceptors (Lipinski definition) is 3. The van der Waals surface area contributed by atoms with Crippen LogP contribution in [0.2, 0.25) is 0 Å². The highest BCUT2D eigenvalue weighted by molar-refractivity contribution is 7.98. The number of H-pyrrole nitrogens is 2. The third-order valence-electron chi connectivity index (χ3n) is 15.0. The molecule has 390 valence electrons. The SMILES string of the molecule is C#Cc1ccc(C#Cc2ccc(C#Cc3ccc(-c4c5nc(c(-c6c(C)cc(C)cc6C)c6ccc([nH]6)c(-c6ccc(C#Cc7cccc(SC)c7)cc6)c6nc(c(-c7c(C)cc(C)cc7C)c7ccc4[nH]7)C=C6)C=C5)cc3)cc2)cc1. The molecule has 2 aliphatic heterocycles. The minimum atomic E-state index is 0.837. The Kier molecular flexibility index (Phi) is 14.4. The molecule has 5 heterocycles. The maximum Gasteiger partial charge on any atom is 0.0737 e. The van der Waals surface area contributed by atoms with Gasteiger partial charge < -0.3 is 9.97 Å². The summed E-state index contributed by atoms with van der Waals surface area (Å²) in [6.45, 7) is 13.1. The lowest BCUT2D eigenvalue weighted by molar-refractivity contribution is 1.28. The number of aryl methyl sites for hydroxylation is 6. The van der Waals surface area contributed by atoms with Crippen LogP contribution in [0.4, 0.5) is 0 Å². The molecule has 82 heavy (non-hydrogen) atoms. The van der Waals surface area contributed by atoms with E-state index in [-0.39, 0.29) is 0 Å². The molecule has 2 aliphatic rings. The molecule has 0 radical (unpaired) electrons. The maximum absolute atomic E-state index is 5.63. The molecule has 10 aromatic rings. The first-order valence-corrected chi connectivity index (χ1v) is 28.6. The predicted octanol–water partition coefficient (Wildman–Crippen LogP) is 18.1. The van der Waals surface area contributed by atoms with Gasteiger partial charge in [0.2, 0.25) is 0 Å². The van der Waals surface area contributed by atoms with Gasteiger partial charge in [0.05, 0.1) is 22.8 Å². The first-order chi connectivity index (χ1) is 39.9. The summed E-state index contributed by atoms with van der Waals surface area (Å²) in [7, 11) is 0. The van der Waals surface area contributed by atoms with E-state index in [1.807, 2.05) is 48.5 Å². The van der Waals surface area contributed by atoms with Crippen LogP contribution < -0.4 is 0 Å². The summed E-state index contributed by atoms with van der Waals surface area (Å²) in [6.07, 6.45) is 16.3. The Hall–Kier alpha value is -10.3. The zero-order chi connectivity index (χ0) is 56.4. The van der Waals surface area contributed by atoms with Crippen molar-refractivity contribution >= 4 is 58.1 Å². The molecule has 12 rings (SSSR count). The molecule has 0 unspecified atom stereocenters. The Morgan fingerprint density at radius 2 is 0.659 bits per heavy atom. The van der Waals surface area contributed by atoms with Crippen molar-refractivity contribution in [2.24, 2.45) is 0 Å². The molecule has 0 fully saturated rings. The highest BCUT2D eigenvalue weighted by Gasteiger charge is 2.22. The molecule has 0 saturated carbocycles. The van der Waals surface area contributed by atoms with Gasteiger partial charge in [0.1, 0.15) is 0 Å². The van der Waals surface area contributed by atoms with Gasteiger partial charge in [0, 0.05) is 88.2 Å². The molecule has 8 bridgehead atoms. The van der Waals surface area contributed by atoms with E-state index in [1.165, 1.54) is 38.3 Å². The van der Waals surface area contributed by atoms with E-state index >= 15 is 0 Å². The monoisotopic (exact) mass is 1070 g/mol. The second-order valence-corrected chi connectivity index (χ2v) is 21.9. The summed E-state index contributed by atoms with van der Waals surface area (Å²) in [5.41, 5.74) is 29.1. The molecule has 5 heteroatoms. The lowest BCUT2D eigenvalue weighted by Crippen LogP contribution is -1.95. The van der Waals surface area contributed by atoms with Crippen molar-refractivity contribution < 1.29 is 0 Å². The Balaban J connectivity index is 1.04. The molecule has 0 saturated heterocycles. The van der Waals surface area contributed by atoms with E-state index < -0.39 is 0 Å². The lowest BCUT2D eigenvalue weighted by Gasteiger charge is -2.13. The minimum absolute atomic E-state index is 0.837. The van der Waals surface area contributed by atoms with E-state index in [9.17, 15) is 0 Å². The van der Waals surface area contributed by atoms with Crippen LogP contribution in [0.1, 0.15) is 95.1 Å². The quantitative estimate of drug-likeness (QED) is 0.133. The summed E-state index contributed by atoms with van der Waals surface area (Å²) in [6, 6.07) is 59.0. The Labute approximate surface area is 485 Å². The van der Waals surface area contributed by atoms with Crippen molar-refractivity contribution in [2.45, 2.75) is 46.4 Å². The van der Waals surface area contributed by atoms with Gasteiger partial charge in [0.15, 0.2) is 0 Å². The molecular weight excluding hydrogens is 1010 g/mol. The van der Waals surface area contributed by atoms with Crippen LogP contribution in [0.5, 0.6) is 0 Å². The zero-order valence-electron chi connectivity index (χ0n) is 46.9. The van der Waals surface area contributed by atoms with Gasteiger partial charge in [-0.05, 0) is 232 Å². The number of nitrogens with one attached hydrogen (secondary N) is 2. The first kappa shape index (κ1) is 52.4. The molecule has 3 aromatic heterocycles. The smallest absolute Gasteiger partial charge is 0.0737 e. The number of nitrogens with zero attached hydrogens (tertiary/aromatic N) is 2. The van der Waals surface area contributed by atoms with Crippen LogP contribution in [-0.2, 0) is 0 Å². The summed E-state index contributed by atoms with van der Waals surface area (Å²) >= 11 is 1.72. The molecule has 7 aromatic carbocycles. The van der Waals surface area contributed by atoms with Crippen LogP contribution in [0.15, 0.2) is 175 Å². The molecular formula is C77H56N4S. The van der Waals surface area contributed by atoms with Crippen LogP contribution in [0, 0.1) is 89.4 Å². The molecule has 0 spiro atoms. The van der Waals surface area contributed by atoms with Gasteiger partial charge in [-0.15, -0.1) is 18.2 Å². The van der Waals surface area contributed by atoms with Crippen LogP contribution in [-0.4, -0.2) is 26.2 Å². The molecule has 2 N–H and O–H groups in total. The van der Waals surface area contributed by atoms with Gasteiger partial charge in [-0.3, -0.25) is 0 Å². The van der Waals surface area contributed by atoms with Crippen LogP contribution in [0.3, 0.4) is 0 Å². The van der Waals surface area contributed by atoms with Crippen molar-refractivity contribution in [2.75, 3.05) is 6.26 Å². The summed E-state index contributed by atoms with van der Waals surface area (Å²) < 4.78 is 0. The van der Waals surface area contributed by atoms with Crippen molar-refractivity contribution in [3.8, 4) is 92.4 Å². The van der Waals surface area contributed by atoms with E-state index in [4.69, 9.17) is 16.4 Å². The average Bonchev–Trinajstić information content (AvgIpc) is 4.39. The number of aromatic nitrogens is 4. The Morgan fingerprint density at radius 1 is 0.341 bits per heavy atom. The number of aromatic amines is 2. The van der Waals surface area contributed by atoms with Gasteiger partial charge >= 0.3 is 0 Å². The average molecular weight is 1070 g/mol. The zero-order valence-corrected chi connectivity index (χ0v) is 47.7. The predicted molar refractivity (Wildman–Crippen MR) is 346 cm³/mol. The maximum atomic E-state index is 5.63. The highest BCUT2D eigenvalue weighted by atomic mass is 32.2. The third kappa shape index (κ3) is 10.8. The topological polar surface area (TPSA) is 57.4 Å². The molecule has 0 amide bonds. The fraction of sp³-hybridized carbons (Fsp3) is 0.0909. The van der Waals surface area contributed by atoms with Gasteiger partial charge in [-0.25, -0.2) is 9.97 Å². The minimum Gasteiger partial charge on any atom is -0.354 e. The van der Waals surface area contributed by atoms with Gasteiger partial charge in [-0.2, -0.15) is 0 Å². The second kappa shape index (κ2) is 22.5. The lowest BCUT2D eigenvalue weighted by atomic mass is 9.92. The number of hydrogen-bond donors (Lipinski definition) is 2. The Morgan fingerprint density at radius 3 is 1.01 bits per heavy atom. The molecule has 0 atom stereocenters. The normalized spacial score (nSPS) is 11.2. The summed E-state index contributed by atoms with van der Waals surface area (Å²) in [5.74, 6) is 22.7. The Bertz CT molecular complexity index is 4610. The number of thioether (sulfide) groups is 1. The number of rotatable bonds is 5. The van der Waals surface area contributed by atoms with Crippen LogP contribution >= 0.6 is 11.8 Å². The fourth-order valence-electron chi connectivity index (χ4n) is 11.3. The number of fused-ring (bicyclic) bond motifs is 8. The standard InChI is InChI=1S/C77H56N4S/c1-9-54-13-15-55(16-14-54)17-18-56-19-21-57(22-20-56)23-24-58-27-31-61(32-28-58)74-64-35-39-68(78-64)76(72-50(4)43-48(2)44-51(72)5)70-41-37-66(80-70)75(62-33-29-59(30-34-62)25-26-60-11-10-12-63(47-60)82-8)67-38-42-71(81-67)77(69-40-36-65(74)79-69)73-52(6)45-49(3)46-53(73)7/h1,10-16,19-22,27-47,78,81H,2-8H3. The number of benzene rings is 7. The van der Waals surface area contributed by atoms with E-state index in [1.54, 1.807) is 11.8 Å².